The van der Waals surface area contributed by atoms with E-state index in [2.05, 4.69) is 28.1 Å². The van der Waals surface area contributed by atoms with Crippen molar-refractivity contribution in [1.82, 2.24) is 0 Å². The SMILES string of the molecule is NC(=S)CCOc1ccc2cc(Br)ccc2c1. The van der Waals surface area contributed by atoms with E-state index < -0.39 is 0 Å². The average Bonchev–Trinajstić information content (AvgIpc) is 2.29. The minimum Gasteiger partial charge on any atom is -0.493 e. The van der Waals surface area contributed by atoms with E-state index in [-0.39, 0.29) is 0 Å². The molecule has 0 saturated heterocycles. The first-order valence-corrected chi connectivity index (χ1v) is 6.46. The smallest absolute Gasteiger partial charge is 0.119 e. The molecule has 0 aromatic heterocycles. The molecule has 2 aromatic rings. The molecule has 2 nitrogen and oxygen atoms in total. The number of thiocarbonyl (C=S) groups is 1. The van der Waals surface area contributed by atoms with Crippen molar-refractivity contribution in [2.24, 2.45) is 5.73 Å². The Kier molecular flexibility index (Phi) is 3.97. The zero-order chi connectivity index (χ0) is 12.3. The summed E-state index contributed by atoms with van der Waals surface area (Å²) in [5.74, 6) is 0.844. The van der Waals surface area contributed by atoms with Crippen LogP contribution in [-0.4, -0.2) is 11.6 Å². The molecule has 0 aliphatic heterocycles. The van der Waals surface area contributed by atoms with Gasteiger partial charge in [-0.2, -0.15) is 0 Å². The zero-order valence-corrected chi connectivity index (χ0v) is 11.6. The fourth-order valence-electron chi connectivity index (χ4n) is 1.55. The van der Waals surface area contributed by atoms with Crippen molar-refractivity contribution in [3.8, 4) is 5.75 Å². The van der Waals surface area contributed by atoms with Crippen LogP contribution >= 0.6 is 28.1 Å². The summed E-state index contributed by atoms with van der Waals surface area (Å²) in [6.07, 6.45) is 0.605. The monoisotopic (exact) mass is 309 g/mol. The largest absolute Gasteiger partial charge is 0.493 e. The van der Waals surface area contributed by atoms with Crippen LogP contribution in [0.2, 0.25) is 0 Å². The van der Waals surface area contributed by atoms with Gasteiger partial charge in [0, 0.05) is 10.9 Å². The van der Waals surface area contributed by atoms with E-state index in [1.165, 1.54) is 5.39 Å². The molecule has 0 bridgehead atoms. The quantitative estimate of drug-likeness (QED) is 0.875. The summed E-state index contributed by atoms with van der Waals surface area (Å²) in [5.41, 5.74) is 5.41. The second-order valence-electron chi connectivity index (χ2n) is 3.72. The number of fused-ring (bicyclic) bond motifs is 1. The lowest BCUT2D eigenvalue weighted by molar-refractivity contribution is 0.330. The van der Waals surface area contributed by atoms with E-state index in [4.69, 9.17) is 22.7 Å². The average molecular weight is 310 g/mol. The van der Waals surface area contributed by atoms with Crippen molar-refractivity contribution < 1.29 is 4.74 Å². The minimum atomic E-state index is 0.481. The van der Waals surface area contributed by atoms with E-state index in [1.54, 1.807) is 0 Å². The normalized spacial score (nSPS) is 10.4. The number of hydrogen-bond donors (Lipinski definition) is 1. The molecule has 2 aromatic carbocycles. The lowest BCUT2D eigenvalue weighted by Crippen LogP contribution is -2.12. The predicted molar refractivity (Wildman–Crippen MR) is 78.5 cm³/mol. The first-order valence-electron chi connectivity index (χ1n) is 5.25. The van der Waals surface area contributed by atoms with Gasteiger partial charge in [-0.15, -0.1) is 0 Å². The van der Waals surface area contributed by atoms with E-state index in [9.17, 15) is 0 Å². The van der Waals surface area contributed by atoms with Crippen molar-refractivity contribution in [1.29, 1.82) is 0 Å². The molecule has 0 unspecified atom stereocenters. The molecule has 0 atom stereocenters. The number of ether oxygens (including phenoxy) is 1. The highest BCUT2D eigenvalue weighted by Crippen LogP contribution is 2.24. The second kappa shape index (κ2) is 5.47. The van der Waals surface area contributed by atoms with Crippen molar-refractivity contribution in [2.75, 3.05) is 6.61 Å². The Morgan fingerprint density at radius 3 is 2.65 bits per heavy atom. The molecule has 0 spiro atoms. The Hall–Kier alpha value is -1.13. The standard InChI is InChI=1S/C13H12BrNOS/c14-11-3-1-10-8-12(4-2-9(10)7-11)16-6-5-13(15)17/h1-4,7-8H,5-6H2,(H2,15,17). The van der Waals surface area contributed by atoms with E-state index >= 15 is 0 Å². The zero-order valence-electron chi connectivity index (χ0n) is 9.15. The van der Waals surface area contributed by atoms with Crippen LogP contribution in [0, 0.1) is 0 Å². The van der Waals surface area contributed by atoms with Gasteiger partial charge in [0.25, 0.3) is 0 Å². The molecule has 2 rings (SSSR count). The van der Waals surface area contributed by atoms with Gasteiger partial charge in [-0.3, -0.25) is 0 Å². The molecular formula is C13H12BrNOS. The maximum Gasteiger partial charge on any atom is 0.119 e. The van der Waals surface area contributed by atoms with Crippen LogP contribution in [0.1, 0.15) is 6.42 Å². The van der Waals surface area contributed by atoms with Gasteiger partial charge in [0.1, 0.15) is 5.75 Å². The second-order valence-corrected chi connectivity index (χ2v) is 5.16. The molecule has 0 radical (unpaired) electrons. The molecule has 88 valence electrons. The fraction of sp³-hybridized carbons (Fsp3) is 0.154. The molecule has 0 amide bonds. The van der Waals surface area contributed by atoms with Gasteiger partial charge < -0.3 is 10.5 Å². The highest BCUT2D eigenvalue weighted by molar-refractivity contribution is 9.10. The Labute approximate surface area is 114 Å². The van der Waals surface area contributed by atoms with E-state index in [1.807, 2.05) is 24.3 Å². The Balaban J connectivity index is 2.14. The minimum absolute atomic E-state index is 0.481. The number of nitrogens with two attached hydrogens (primary N) is 1. The molecule has 0 aliphatic carbocycles. The van der Waals surface area contributed by atoms with Gasteiger partial charge in [-0.25, -0.2) is 0 Å². The third-order valence-corrected chi connectivity index (χ3v) is 3.09. The maximum absolute atomic E-state index is 5.58. The molecule has 4 heteroatoms. The molecule has 0 fully saturated rings. The van der Waals surface area contributed by atoms with E-state index in [0.29, 0.717) is 18.0 Å². The van der Waals surface area contributed by atoms with Crippen LogP contribution in [0.5, 0.6) is 5.75 Å². The fourth-order valence-corrected chi connectivity index (χ4v) is 2.02. The highest BCUT2D eigenvalue weighted by Gasteiger charge is 1.99. The Bertz CT molecular complexity index is 556. The summed E-state index contributed by atoms with van der Waals surface area (Å²) < 4.78 is 6.65. The number of halogens is 1. The summed E-state index contributed by atoms with van der Waals surface area (Å²) in [6, 6.07) is 12.2. The summed E-state index contributed by atoms with van der Waals surface area (Å²) in [4.78, 5) is 0.481. The van der Waals surface area contributed by atoms with Crippen LogP contribution in [0.25, 0.3) is 10.8 Å². The number of rotatable bonds is 4. The Morgan fingerprint density at radius 1 is 1.18 bits per heavy atom. The van der Waals surface area contributed by atoms with E-state index in [0.717, 1.165) is 15.6 Å². The van der Waals surface area contributed by atoms with Crippen molar-refractivity contribution in [2.45, 2.75) is 6.42 Å². The van der Waals surface area contributed by atoms with Crippen LogP contribution in [0.4, 0.5) is 0 Å². The molecule has 0 saturated carbocycles. The highest BCUT2D eigenvalue weighted by atomic mass is 79.9. The van der Waals surface area contributed by atoms with Crippen LogP contribution in [-0.2, 0) is 0 Å². The first-order chi connectivity index (χ1) is 8.15. The summed E-state index contributed by atoms with van der Waals surface area (Å²) in [7, 11) is 0. The summed E-state index contributed by atoms with van der Waals surface area (Å²) in [6.45, 7) is 0.525. The van der Waals surface area contributed by atoms with Crippen molar-refractivity contribution in [3.63, 3.8) is 0 Å². The van der Waals surface area contributed by atoms with Gasteiger partial charge in [-0.05, 0) is 35.0 Å². The molecule has 17 heavy (non-hydrogen) atoms. The van der Waals surface area contributed by atoms with Gasteiger partial charge >= 0.3 is 0 Å². The van der Waals surface area contributed by atoms with Crippen molar-refractivity contribution >= 4 is 43.9 Å². The van der Waals surface area contributed by atoms with Crippen LogP contribution in [0.15, 0.2) is 40.9 Å². The number of benzene rings is 2. The van der Waals surface area contributed by atoms with Crippen molar-refractivity contribution in [3.05, 3.63) is 40.9 Å². The Morgan fingerprint density at radius 2 is 1.88 bits per heavy atom. The van der Waals surface area contributed by atoms with Gasteiger partial charge in [-0.1, -0.05) is 40.3 Å². The lowest BCUT2D eigenvalue weighted by Gasteiger charge is -2.07. The third kappa shape index (κ3) is 3.41. The third-order valence-electron chi connectivity index (χ3n) is 2.39. The molecule has 0 heterocycles. The summed E-state index contributed by atoms with van der Waals surface area (Å²) in [5, 5.41) is 2.34. The van der Waals surface area contributed by atoms with Crippen LogP contribution in [0.3, 0.4) is 0 Å². The predicted octanol–water partition coefficient (Wildman–Crippen LogP) is 3.66. The topological polar surface area (TPSA) is 35.2 Å². The van der Waals surface area contributed by atoms with Gasteiger partial charge in [0.05, 0.1) is 11.6 Å². The first kappa shape index (κ1) is 12.3. The van der Waals surface area contributed by atoms with Gasteiger partial charge in [0.15, 0.2) is 0 Å². The molecular weight excluding hydrogens is 298 g/mol. The maximum atomic E-state index is 5.58. The lowest BCUT2D eigenvalue weighted by atomic mass is 10.1. The number of hydrogen-bond acceptors (Lipinski definition) is 2. The summed E-state index contributed by atoms with van der Waals surface area (Å²) >= 11 is 8.24. The van der Waals surface area contributed by atoms with Gasteiger partial charge in [0.2, 0.25) is 0 Å². The van der Waals surface area contributed by atoms with Crippen LogP contribution < -0.4 is 10.5 Å². The molecule has 2 N–H and O–H groups in total. The molecule has 0 aliphatic rings.